The van der Waals surface area contributed by atoms with Gasteiger partial charge in [0, 0.05) is 426 Å². The van der Waals surface area contributed by atoms with Crippen molar-refractivity contribution in [3.05, 3.63) is 35.0 Å². The summed E-state index contributed by atoms with van der Waals surface area (Å²) in [5.41, 5.74) is 1.43. The zero-order valence-electron chi connectivity index (χ0n) is 10.1. The summed E-state index contributed by atoms with van der Waals surface area (Å²) >= 11 is 5.78. The molecule has 148 valence electrons. The number of aromatic amines is 1. The average molecular weight is 619 g/mol. The molecule has 2 aromatic rings. The van der Waals surface area contributed by atoms with Crippen molar-refractivity contribution >= 4 is 28.8 Å². The number of carbonyl (C=O) groups excluding carboxylic acids is 1. The van der Waals surface area contributed by atoms with Gasteiger partial charge in [0.1, 0.15) is 5.15 Å². The third-order valence-electron chi connectivity index (χ3n) is 1.82. The van der Waals surface area contributed by atoms with Crippen molar-refractivity contribution in [2.24, 2.45) is 0 Å². The number of nitrogens with one attached hydrogen (secondary N) is 1. The maximum absolute atomic E-state index is 10.6. The van der Waals surface area contributed by atoms with E-state index in [0.717, 1.165) is 17.2 Å². The van der Waals surface area contributed by atoms with Gasteiger partial charge in [-0.2, -0.15) is 0 Å². The van der Waals surface area contributed by atoms with Crippen LogP contribution in [0.25, 0.3) is 10.9 Å². The number of H-pyrrole nitrogens is 1. The first-order valence-corrected chi connectivity index (χ1v) is 3.92. The Kier molecular flexibility index (Phi) is 118. The van der Waals surface area contributed by atoms with Crippen LogP contribution in [0, 0.1) is 415 Å². The molecule has 23 heavy (non-hydrogen) atoms. The summed E-state index contributed by atoms with van der Waals surface area (Å²) in [5.74, 6) is 0. The van der Waals surface area contributed by atoms with Crippen LogP contribution in [0.5, 0.6) is 0 Å². The summed E-state index contributed by atoms with van der Waals surface area (Å²) in [6.07, 6.45) is 0.765. The van der Waals surface area contributed by atoms with Crippen LogP contribution in [0.4, 0.5) is 0 Å². The molecule has 1 aromatic carbocycles. The Morgan fingerprint density at radius 2 is 1.13 bits per heavy atom. The van der Waals surface area contributed by atoms with Gasteiger partial charge in [0.25, 0.3) is 0 Å². The second kappa shape index (κ2) is 41.7. The summed E-state index contributed by atoms with van der Waals surface area (Å²) in [5, 5.41) is 1.28. The second-order valence-electron chi connectivity index (χ2n) is 2.52. The summed E-state index contributed by atoms with van der Waals surface area (Å²) < 4.78 is 0. The first-order chi connectivity index (χ1) is 5.83. The van der Waals surface area contributed by atoms with Crippen LogP contribution in [0.1, 0.15) is 10.4 Å². The van der Waals surface area contributed by atoms with Crippen LogP contribution in [0.2, 0.25) is 5.15 Å². The maximum Gasteiger partial charge on any atom is 0.153 e. The van der Waals surface area contributed by atoms with Crippen molar-refractivity contribution < 1.29 is 420 Å². The number of hydrogen-bond donors (Lipinski definition) is 1. The van der Waals surface area contributed by atoms with Crippen molar-refractivity contribution in [2.75, 3.05) is 0 Å². The van der Waals surface area contributed by atoms with Gasteiger partial charge in [0.2, 0.25) is 0 Å². The number of para-hydroxylation sites is 1. The quantitative estimate of drug-likeness (QED) is 0.490. The minimum Gasteiger partial charge on any atom is -0.345 e. The molecule has 0 unspecified atom stereocenters. The van der Waals surface area contributed by atoms with Crippen LogP contribution in [0.15, 0.2) is 24.3 Å². The maximum atomic E-state index is 10.6. The van der Waals surface area contributed by atoms with Gasteiger partial charge in [-0.05, 0) is 6.07 Å². The van der Waals surface area contributed by atoms with Crippen LogP contribution in [0.3, 0.4) is 0 Å². The molecule has 2 rings (SSSR count). The molecule has 0 saturated heterocycles. The Morgan fingerprint density at radius 3 is 1.52 bits per heavy atom. The fourth-order valence-electron chi connectivity index (χ4n) is 1.25. The molecule has 0 saturated carbocycles. The smallest absolute Gasteiger partial charge is 0.153 e. The molecular formula is C9H6Ar11ClNO. The number of halogens is 1. The topological polar surface area (TPSA) is 32.9 Å². The standard InChI is InChI=1S/C9H6ClNO.11Ar/c10-9-7(5-12)6-3-1-2-4-8(6)11-9;;;;;;;;;;;/h1-5,11H;;;;;;;;;;;. The van der Waals surface area contributed by atoms with Gasteiger partial charge in [-0.15, -0.1) is 0 Å². The zero-order chi connectivity index (χ0) is 8.55. The van der Waals surface area contributed by atoms with E-state index in [1.165, 1.54) is 0 Å². The molecule has 2 nitrogen and oxygen atoms in total. The van der Waals surface area contributed by atoms with Gasteiger partial charge >= 0.3 is 0 Å². The molecule has 0 aliphatic heterocycles. The second-order valence-corrected chi connectivity index (χ2v) is 2.89. The van der Waals surface area contributed by atoms with Crippen LogP contribution >= 0.6 is 11.6 Å². The van der Waals surface area contributed by atoms with E-state index in [2.05, 4.69) is 4.98 Å². The molecule has 0 aliphatic rings. The summed E-state index contributed by atoms with van der Waals surface area (Å²) in [7, 11) is 0. The first-order valence-electron chi connectivity index (χ1n) is 3.54. The fraction of sp³-hybridized carbons (Fsp3) is 0. The number of hydrogen-bond acceptors (Lipinski definition) is 1. The molecule has 0 aliphatic carbocycles. The van der Waals surface area contributed by atoms with E-state index >= 15 is 0 Å². The molecule has 0 atom stereocenters. The van der Waals surface area contributed by atoms with Gasteiger partial charge < -0.3 is 4.98 Å². The molecule has 0 amide bonds. The molecular weight excluding hydrogens is 613 g/mol. The molecule has 0 spiro atoms. The summed E-state index contributed by atoms with van der Waals surface area (Å²) in [6, 6.07) is 7.51. The number of rotatable bonds is 1. The minimum absolute atomic E-state index is 0. The minimum atomic E-state index is 0. The largest absolute Gasteiger partial charge is 0.345 e. The Balaban J connectivity index is -0.0000000192. The number of aromatic nitrogens is 1. The van der Waals surface area contributed by atoms with E-state index in [4.69, 9.17) is 11.6 Å². The zero-order valence-corrected chi connectivity index (χ0v) is 18.6. The Labute approximate surface area is 471 Å². The van der Waals surface area contributed by atoms with Crippen molar-refractivity contribution in [3.63, 3.8) is 0 Å². The van der Waals surface area contributed by atoms with E-state index < -0.39 is 0 Å². The number of benzene rings is 1. The third kappa shape index (κ3) is 26.0. The molecule has 0 bridgehead atoms. The normalized spacial score (nSPS) is 5.43. The van der Waals surface area contributed by atoms with Gasteiger partial charge in [-0.1, -0.05) is 29.8 Å². The van der Waals surface area contributed by atoms with E-state index in [-0.39, 0.29) is 415 Å². The summed E-state index contributed by atoms with van der Waals surface area (Å²) in [4.78, 5) is 13.5. The Bertz CT molecular complexity index is 456. The van der Waals surface area contributed by atoms with Gasteiger partial charge in [-0.3, -0.25) is 4.79 Å². The van der Waals surface area contributed by atoms with Crippen LogP contribution < -0.4 is 0 Å². The number of carbonyl (C=O) groups is 1. The van der Waals surface area contributed by atoms with Crippen molar-refractivity contribution in [2.45, 2.75) is 0 Å². The van der Waals surface area contributed by atoms with E-state index in [1.807, 2.05) is 24.3 Å². The van der Waals surface area contributed by atoms with E-state index in [0.29, 0.717) is 10.7 Å². The molecule has 14 heteroatoms. The number of fused-ring (bicyclic) bond motifs is 1. The van der Waals surface area contributed by atoms with Gasteiger partial charge in [-0.25, -0.2) is 0 Å². The molecule has 0 radical (unpaired) electrons. The predicted octanol–water partition coefficient (Wildman–Crippen LogP) is 2.63. The van der Waals surface area contributed by atoms with E-state index in [9.17, 15) is 4.79 Å². The molecule has 1 heterocycles. The predicted molar refractivity (Wildman–Crippen MR) is 48.7 cm³/mol. The molecule has 1 aromatic heterocycles. The van der Waals surface area contributed by atoms with Crippen LogP contribution in [-0.4, -0.2) is 11.3 Å². The third-order valence-corrected chi connectivity index (χ3v) is 2.11. The first kappa shape index (κ1) is 65.0. The molecule has 0 fully saturated rings. The number of aldehydes is 1. The van der Waals surface area contributed by atoms with Crippen LogP contribution in [-0.2, 0) is 0 Å². The average Bonchev–Trinajstić information content (AvgIpc) is 2.40. The van der Waals surface area contributed by atoms with Crippen molar-refractivity contribution in [3.8, 4) is 0 Å². The Morgan fingerprint density at radius 1 is 0.739 bits per heavy atom. The SMILES string of the molecule is O=Cc1c(Cl)[nH]c2ccccc12.[Ar].[Ar].[Ar].[Ar].[Ar].[Ar].[Ar].[Ar].[Ar].[Ar].[Ar]. The fourth-order valence-corrected chi connectivity index (χ4v) is 1.49. The van der Waals surface area contributed by atoms with Crippen molar-refractivity contribution in [1.82, 2.24) is 4.98 Å². The van der Waals surface area contributed by atoms with E-state index in [1.54, 1.807) is 0 Å². The van der Waals surface area contributed by atoms with Crippen molar-refractivity contribution in [1.29, 1.82) is 0 Å². The van der Waals surface area contributed by atoms with Gasteiger partial charge in [0.05, 0.1) is 5.56 Å². The molecule has 1 N–H and O–H groups in total. The summed E-state index contributed by atoms with van der Waals surface area (Å²) in [6.45, 7) is 0. The monoisotopic (exact) mass is 619 g/mol. The van der Waals surface area contributed by atoms with Gasteiger partial charge in [0.15, 0.2) is 6.29 Å². The Hall–Kier alpha value is 12.6.